The summed E-state index contributed by atoms with van der Waals surface area (Å²) in [7, 11) is -10.3. The molecule has 3 amide bonds. The number of hydrogen-bond donors (Lipinski definition) is 5. The molecule has 0 unspecified atom stereocenters. The Kier molecular flexibility index (Phi) is 10.0. The smallest absolute Gasteiger partial charge is 0.323 e. The van der Waals surface area contributed by atoms with Crippen LogP contribution < -0.4 is 26.8 Å². The number of allylic oxidation sites excluding steroid dienone is 8. The number of rotatable bonds is 9. The van der Waals surface area contributed by atoms with Crippen LogP contribution in [0.25, 0.3) is 6.08 Å². The van der Waals surface area contributed by atoms with Gasteiger partial charge in [0.2, 0.25) is 11.7 Å². The van der Waals surface area contributed by atoms with Crippen molar-refractivity contribution in [2.45, 2.75) is 6.92 Å². The quantitative estimate of drug-likeness (QED) is 0.155. The van der Waals surface area contributed by atoms with Crippen LogP contribution in [-0.4, -0.2) is 60.9 Å². The molecule has 0 bridgehead atoms. The van der Waals surface area contributed by atoms with Crippen LogP contribution in [0.3, 0.4) is 0 Å². The van der Waals surface area contributed by atoms with E-state index in [0.717, 1.165) is 24.3 Å². The minimum absolute atomic E-state index is 0.00204. The molecule has 0 spiro atoms. The lowest BCUT2D eigenvalue weighted by Gasteiger charge is -2.22. The number of benzene rings is 3. The van der Waals surface area contributed by atoms with Crippen molar-refractivity contribution in [2.75, 3.05) is 21.5 Å². The molecule has 274 valence electrons. The zero-order chi connectivity index (χ0) is 38.8. The maximum atomic E-state index is 13.2. The summed E-state index contributed by atoms with van der Waals surface area (Å²) < 4.78 is 72.9. The maximum Gasteiger partial charge on any atom is 0.323 e. The SMILES string of the molecule is CC(=O)Nc1ccc(NN=C2C=C3C(=O)C=C(NC(=O)Nc4ccc5c(c4)C=C(S(=O)(=O)[O-])C(=NNc4ccccc4)C5=O)C=C3C=C2S(=O)(=O)[O-])cc1. The van der Waals surface area contributed by atoms with Crippen LogP contribution in [-0.2, 0) is 29.8 Å². The summed E-state index contributed by atoms with van der Waals surface area (Å²) in [5, 5.41) is 15.4. The van der Waals surface area contributed by atoms with Crippen molar-refractivity contribution in [3.8, 4) is 0 Å². The Morgan fingerprint density at radius 1 is 0.648 bits per heavy atom. The molecule has 5 N–H and O–H groups in total. The minimum Gasteiger partial charge on any atom is -0.744 e. The molecule has 0 saturated heterocycles. The second-order valence-electron chi connectivity index (χ2n) is 11.6. The third-order valence-corrected chi connectivity index (χ3v) is 9.38. The van der Waals surface area contributed by atoms with Gasteiger partial charge < -0.3 is 25.1 Å². The highest BCUT2D eigenvalue weighted by atomic mass is 32.2. The Balaban J connectivity index is 1.19. The van der Waals surface area contributed by atoms with Crippen LogP contribution in [0.4, 0.5) is 27.5 Å². The zero-order valence-electron chi connectivity index (χ0n) is 27.6. The van der Waals surface area contributed by atoms with E-state index in [1.807, 2.05) is 0 Å². The van der Waals surface area contributed by atoms with Crippen LogP contribution in [0, 0.1) is 0 Å². The number of ketones is 2. The molecule has 3 aromatic carbocycles. The Morgan fingerprint density at radius 2 is 1.28 bits per heavy atom. The van der Waals surface area contributed by atoms with Crippen LogP contribution >= 0.6 is 0 Å². The molecule has 6 rings (SSSR count). The lowest BCUT2D eigenvalue weighted by molar-refractivity contribution is -0.114. The van der Waals surface area contributed by atoms with Gasteiger partial charge in [-0.1, -0.05) is 18.2 Å². The molecule has 0 saturated carbocycles. The van der Waals surface area contributed by atoms with Crippen molar-refractivity contribution in [1.82, 2.24) is 5.32 Å². The van der Waals surface area contributed by atoms with E-state index in [4.69, 9.17) is 0 Å². The molecule has 0 heterocycles. The number of Topliss-reactive ketones (excluding diaryl/α,β-unsaturated/α-hetero) is 1. The monoisotopic (exact) mass is 767 g/mol. The van der Waals surface area contributed by atoms with Gasteiger partial charge in [0, 0.05) is 41.2 Å². The summed E-state index contributed by atoms with van der Waals surface area (Å²) in [5.74, 6) is -1.79. The number of carbonyl (C=O) groups excluding carboxylic acids is 4. The van der Waals surface area contributed by atoms with Crippen molar-refractivity contribution in [2.24, 2.45) is 10.2 Å². The van der Waals surface area contributed by atoms with Crippen molar-refractivity contribution in [3.63, 3.8) is 0 Å². The average molecular weight is 768 g/mol. The fourth-order valence-corrected chi connectivity index (χ4v) is 6.58. The van der Waals surface area contributed by atoms with Crippen LogP contribution in [0.2, 0.25) is 0 Å². The lowest BCUT2D eigenvalue weighted by Crippen LogP contribution is -2.30. The third-order valence-electron chi connectivity index (χ3n) is 7.66. The number of anilines is 4. The number of hydrogen-bond acceptors (Lipinski definition) is 14. The summed E-state index contributed by atoms with van der Waals surface area (Å²) >= 11 is 0. The van der Waals surface area contributed by atoms with Crippen LogP contribution in [0.15, 0.2) is 134 Å². The third kappa shape index (κ3) is 8.45. The van der Waals surface area contributed by atoms with Gasteiger partial charge in [0.25, 0.3) is 0 Å². The number of nitrogens with one attached hydrogen (secondary N) is 5. The molecular formula is C35H25N7O10S2-2. The van der Waals surface area contributed by atoms with Gasteiger partial charge in [-0.3, -0.25) is 25.2 Å². The first-order valence-corrected chi connectivity index (χ1v) is 18.3. The normalized spacial score (nSPS) is 16.8. The van der Waals surface area contributed by atoms with Crippen molar-refractivity contribution in [1.29, 1.82) is 0 Å². The summed E-state index contributed by atoms with van der Waals surface area (Å²) in [6.07, 6.45) is 5.32. The van der Waals surface area contributed by atoms with Gasteiger partial charge in [0.05, 0.1) is 21.2 Å². The van der Waals surface area contributed by atoms with E-state index >= 15 is 0 Å². The first kappa shape index (κ1) is 37.0. The second kappa shape index (κ2) is 14.7. The molecule has 0 aliphatic heterocycles. The van der Waals surface area contributed by atoms with Gasteiger partial charge in [0.15, 0.2) is 5.78 Å². The van der Waals surface area contributed by atoms with Gasteiger partial charge in [-0.25, -0.2) is 21.6 Å². The number of hydrazone groups is 2. The van der Waals surface area contributed by atoms with Gasteiger partial charge in [-0.15, -0.1) is 0 Å². The van der Waals surface area contributed by atoms with E-state index in [0.29, 0.717) is 17.1 Å². The van der Waals surface area contributed by atoms with E-state index in [9.17, 15) is 45.1 Å². The highest BCUT2D eigenvalue weighted by molar-refractivity contribution is 7.91. The molecule has 17 nitrogen and oxygen atoms in total. The van der Waals surface area contributed by atoms with Crippen LogP contribution in [0.5, 0.6) is 0 Å². The number of carbonyl (C=O) groups is 4. The fraction of sp³-hybridized carbons (Fsp3) is 0.0286. The summed E-state index contributed by atoms with van der Waals surface area (Å²) in [6.45, 7) is 1.34. The first-order chi connectivity index (χ1) is 25.5. The Bertz CT molecular complexity index is 2590. The number of nitrogens with zero attached hydrogens (tertiary/aromatic N) is 2. The Labute approximate surface area is 307 Å². The summed E-state index contributed by atoms with van der Waals surface area (Å²) in [6, 6.07) is 17.5. The molecule has 3 aromatic rings. The molecule has 0 atom stereocenters. The number of amides is 3. The summed E-state index contributed by atoms with van der Waals surface area (Å²) in [5.41, 5.74) is 5.45. The van der Waals surface area contributed by atoms with Crippen molar-refractivity contribution in [3.05, 3.63) is 135 Å². The van der Waals surface area contributed by atoms with E-state index in [-0.39, 0.29) is 45.3 Å². The predicted octanol–water partition coefficient (Wildman–Crippen LogP) is 3.55. The topological polar surface area (TPSA) is 268 Å². The van der Waals surface area contributed by atoms with Gasteiger partial charge in [0.1, 0.15) is 31.7 Å². The Morgan fingerprint density at radius 3 is 1.94 bits per heavy atom. The Hall–Kier alpha value is -6.80. The van der Waals surface area contributed by atoms with Crippen molar-refractivity contribution >= 4 is 84.0 Å². The second-order valence-corrected chi connectivity index (χ2v) is 14.3. The fourth-order valence-electron chi connectivity index (χ4n) is 5.30. The highest BCUT2D eigenvalue weighted by Gasteiger charge is 2.30. The molecule has 54 heavy (non-hydrogen) atoms. The van der Waals surface area contributed by atoms with Gasteiger partial charge >= 0.3 is 6.03 Å². The molecule has 3 aliphatic rings. The molecule has 0 fully saturated rings. The lowest BCUT2D eigenvalue weighted by atomic mass is 9.90. The zero-order valence-corrected chi connectivity index (χ0v) is 29.2. The van der Waals surface area contributed by atoms with E-state index < -0.39 is 53.4 Å². The maximum absolute atomic E-state index is 13.2. The van der Waals surface area contributed by atoms with Gasteiger partial charge in [-0.2, -0.15) is 10.2 Å². The number of urea groups is 1. The minimum atomic E-state index is -5.18. The molecule has 0 radical (unpaired) electrons. The van der Waals surface area contributed by atoms with E-state index in [2.05, 4.69) is 37.0 Å². The van der Waals surface area contributed by atoms with Crippen molar-refractivity contribution < 1.29 is 45.1 Å². The predicted molar refractivity (Wildman–Crippen MR) is 197 cm³/mol. The molecule has 0 aromatic heterocycles. The van der Waals surface area contributed by atoms with Gasteiger partial charge in [-0.05, 0) is 90.0 Å². The van der Waals surface area contributed by atoms with Crippen LogP contribution in [0.1, 0.15) is 22.8 Å². The summed E-state index contributed by atoms with van der Waals surface area (Å²) in [4.78, 5) is 48.9. The van der Waals surface area contributed by atoms with E-state index in [1.54, 1.807) is 42.5 Å². The molecule has 3 aliphatic carbocycles. The average Bonchev–Trinajstić information content (AvgIpc) is 3.10. The number of fused-ring (bicyclic) bond motifs is 2. The number of para-hydroxylation sites is 1. The highest BCUT2D eigenvalue weighted by Crippen LogP contribution is 2.31. The molecule has 19 heteroatoms. The van der Waals surface area contributed by atoms with E-state index in [1.165, 1.54) is 43.3 Å². The largest absolute Gasteiger partial charge is 0.744 e. The standard InChI is InChI=1S/C35H27N7O10S2/c1-19(43)36-22-7-9-24(10-8-22)39-41-29-18-28-21(15-31(29)53(47,48)49)14-26(17-30(28)44)38-35(46)37-25-11-12-27-20(13-25)16-32(54(50,51)52)33(34(27)45)42-40-23-5-3-2-4-6-23/h2-18,39-40H,1H3,(H,36,43)(H2,37,38,46)(H,47,48,49)(H,50,51,52)/p-2. The first-order valence-electron chi connectivity index (χ1n) is 15.5. The molecular weight excluding hydrogens is 743 g/mol.